The van der Waals surface area contributed by atoms with Crippen molar-refractivity contribution < 1.29 is 9.53 Å². The van der Waals surface area contributed by atoms with Crippen molar-refractivity contribution in [3.05, 3.63) is 27.2 Å². The second-order valence-electron chi connectivity index (χ2n) is 8.47. The number of esters is 1. The number of benzene rings is 1. The fourth-order valence-electron chi connectivity index (χ4n) is 4.69. The molecule has 3 aliphatic heterocycles. The van der Waals surface area contributed by atoms with Crippen molar-refractivity contribution in [2.24, 2.45) is 0 Å². The van der Waals surface area contributed by atoms with Gasteiger partial charge in [-0.1, -0.05) is 0 Å². The van der Waals surface area contributed by atoms with Crippen molar-refractivity contribution in [2.45, 2.75) is 64.0 Å². The van der Waals surface area contributed by atoms with Gasteiger partial charge in [-0.25, -0.2) is 4.79 Å². The molecule has 0 bridgehead atoms. The SMILES string of the molecule is CC(C)(C)OC(=O)c1c(Br)cc2c3c1[C@@H]1CNCC[C@@H]1N3CCCC2. The Balaban J connectivity index is 1.88. The summed E-state index contributed by atoms with van der Waals surface area (Å²) in [7, 11) is 0. The zero-order valence-electron chi connectivity index (χ0n) is 15.3. The van der Waals surface area contributed by atoms with Gasteiger partial charge in [0, 0.05) is 35.2 Å². The smallest absolute Gasteiger partial charge is 0.340 e. The van der Waals surface area contributed by atoms with E-state index >= 15 is 0 Å². The van der Waals surface area contributed by atoms with Crippen LogP contribution in [0.5, 0.6) is 0 Å². The molecule has 0 radical (unpaired) electrons. The molecule has 0 aromatic heterocycles. The lowest BCUT2D eigenvalue weighted by Crippen LogP contribution is -2.44. The van der Waals surface area contributed by atoms with E-state index in [-0.39, 0.29) is 5.97 Å². The quantitative estimate of drug-likeness (QED) is 0.715. The number of rotatable bonds is 1. The first-order valence-electron chi connectivity index (χ1n) is 9.43. The molecule has 4 nitrogen and oxygen atoms in total. The first kappa shape index (κ1) is 17.3. The van der Waals surface area contributed by atoms with Crippen molar-refractivity contribution in [3.8, 4) is 0 Å². The molecule has 1 aromatic carbocycles. The summed E-state index contributed by atoms with van der Waals surface area (Å²) in [6.45, 7) is 8.90. The fourth-order valence-corrected chi connectivity index (χ4v) is 5.35. The van der Waals surface area contributed by atoms with E-state index in [1.807, 2.05) is 20.8 Å². The van der Waals surface area contributed by atoms with E-state index in [0.717, 1.165) is 42.5 Å². The Morgan fingerprint density at radius 1 is 1.36 bits per heavy atom. The highest BCUT2D eigenvalue weighted by Gasteiger charge is 2.45. The van der Waals surface area contributed by atoms with Crippen LogP contribution in [0.4, 0.5) is 5.69 Å². The molecule has 0 unspecified atom stereocenters. The largest absolute Gasteiger partial charge is 0.456 e. The van der Waals surface area contributed by atoms with E-state index in [4.69, 9.17) is 4.74 Å². The van der Waals surface area contributed by atoms with Crippen molar-refractivity contribution >= 4 is 27.6 Å². The van der Waals surface area contributed by atoms with Crippen molar-refractivity contribution in [1.29, 1.82) is 0 Å². The van der Waals surface area contributed by atoms with Crippen LogP contribution in [0.1, 0.15) is 67.4 Å². The first-order valence-corrected chi connectivity index (χ1v) is 10.2. The summed E-state index contributed by atoms with van der Waals surface area (Å²) >= 11 is 3.70. The molecule has 1 N–H and O–H groups in total. The number of halogens is 1. The number of carbonyl (C=O) groups excluding carboxylic acids is 1. The Labute approximate surface area is 158 Å². The van der Waals surface area contributed by atoms with Crippen LogP contribution in [-0.2, 0) is 11.2 Å². The number of nitrogens with zero attached hydrogens (tertiary/aromatic N) is 1. The van der Waals surface area contributed by atoms with Crippen LogP contribution >= 0.6 is 15.9 Å². The number of carbonyl (C=O) groups is 1. The summed E-state index contributed by atoms with van der Waals surface area (Å²) in [6.07, 6.45) is 4.68. The Kier molecular flexibility index (Phi) is 4.35. The second kappa shape index (κ2) is 6.27. The second-order valence-corrected chi connectivity index (χ2v) is 9.33. The van der Waals surface area contributed by atoms with Gasteiger partial charge in [-0.2, -0.15) is 0 Å². The molecular formula is C20H27BrN2O2. The summed E-state index contributed by atoms with van der Waals surface area (Å²) < 4.78 is 6.65. The molecule has 136 valence electrons. The summed E-state index contributed by atoms with van der Waals surface area (Å²) in [6, 6.07) is 2.69. The molecule has 3 heterocycles. The van der Waals surface area contributed by atoms with Crippen LogP contribution in [0.3, 0.4) is 0 Å². The van der Waals surface area contributed by atoms with Crippen molar-refractivity contribution in [2.75, 3.05) is 24.5 Å². The van der Waals surface area contributed by atoms with Crippen LogP contribution in [-0.4, -0.2) is 37.2 Å². The molecule has 25 heavy (non-hydrogen) atoms. The first-order chi connectivity index (χ1) is 11.9. The molecule has 0 amide bonds. The third-order valence-electron chi connectivity index (χ3n) is 5.57. The molecule has 3 aliphatic rings. The van der Waals surface area contributed by atoms with Gasteiger partial charge in [-0.3, -0.25) is 0 Å². The molecule has 2 atom stereocenters. The van der Waals surface area contributed by atoms with Crippen LogP contribution in [0.25, 0.3) is 0 Å². The van der Waals surface area contributed by atoms with Gasteiger partial charge < -0.3 is 15.0 Å². The minimum Gasteiger partial charge on any atom is -0.456 e. The predicted molar refractivity (Wildman–Crippen MR) is 104 cm³/mol. The molecule has 1 aromatic rings. The maximum absolute atomic E-state index is 13.0. The van der Waals surface area contributed by atoms with Gasteiger partial charge in [0.1, 0.15) is 5.60 Å². The molecule has 5 heteroatoms. The molecule has 0 spiro atoms. The molecule has 0 saturated carbocycles. The van der Waals surface area contributed by atoms with E-state index in [1.54, 1.807) is 0 Å². The summed E-state index contributed by atoms with van der Waals surface area (Å²) in [4.78, 5) is 15.6. The molecular weight excluding hydrogens is 380 g/mol. The van der Waals surface area contributed by atoms with Gasteiger partial charge in [0.25, 0.3) is 0 Å². The standard InChI is InChI=1S/C20H27BrN2O2/c1-20(2,3)25-19(24)17-14(21)10-12-6-4-5-9-23-15-7-8-22-11-13(15)16(17)18(12)23/h10,13,15,22H,4-9,11H2,1-3H3/t13-,15+/m1/s1. The lowest BCUT2D eigenvalue weighted by Gasteiger charge is -2.33. The van der Waals surface area contributed by atoms with Gasteiger partial charge in [0.05, 0.1) is 5.56 Å². The highest BCUT2D eigenvalue weighted by atomic mass is 79.9. The average Bonchev–Trinajstić information content (AvgIpc) is 2.70. The topological polar surface area (TPSA) is 41.6 Å². The van der Waals surface area contributed by atoms with Crippen LogP contribution < -0.4 is 10.2 Å². The zero-order chi connectivity index (χ0) is 17.8. The summed E-state index contributed by atoms with van der Waals surface area (Å²) in [5.41, 5.74) is 4.20. The zero-order valence-corrected chi connectivity index (χ0v) is 16.9. The minimum atomic E-state index is -0.488. The fraction of sp³-hybridized carbons (Fsp3) is 0.650. The van der Waals surface area contributed by atoms with Crippen molar-refractivity contribution in [1.82, 2.24) is 5.32 Å². The van der Waals surface area contributed by atoms with Crippen LogP contribution in [0.15, 0.2) is 10.5 Å². The number of piperidine rings is 1. The summed E-state index contributed by atoms with van der Waals surface area (Å²) in [5, 5.41) is 3.54. The number of anilines is 1. The van der Waals surface area contributed by atoms with Crippen LogP contribution in [0, 0.1) is 0 Å². The Bertz CT molecular complexity index is 711. The number of ether oxygens (including phenoxy) is 1. The van der Waals surface area contributed by atoms with Gasteiger partial charge in [0.2, 0.25) is 0 Å². The Morgan fingerprint density at radius 3 is 2.92 bits per heavy atom. The number of fused-ring (bicyclic) bond motifs is 3. The number of hydrogen-bond donors (Lipinski definition) is 1. The number of nitrogens with one attached hydrogen (secondary N) is 1. The van der Waals surface area contributed by atoms with E-state index < -0.39 is 5.60 Å². The van der Waals surface area contributed by atoms with E-state index in [9.17, 15) is 4.79 Å². The van der Waals surface area contributed by atoms with Gasteiger partial charge >= 0.3 is 5.97 Å². The average molecular weight is 407 g/mol. The van der Waals surface area contributed by atoms with E-state index in [2.05, 4.69) is 32.2 Å². The van der Waals surface area contributed by atoms with Crippen LogP contribution in [0.2, 0.25) is 0 Å². The van der Waals surface area contributed by atoms with E-state index in [1.165, 1.54) is 29.7 Å². The normalized spacial score (nSPS) is 25.2. The number of aryl methyl sites for hydroxylation is 1. The van der Waals surface area contributed by atoms with Crippen molar-refractivity contribution in [3.63, 3.8) is 0 Å². The van der Waals surface area contributed by atoms with E-state index in [0.29, 0.717) is 12.0 Å². The number of hydrogen-bond acceptors (Lipinski definition) is 4. The van der Waals surface area contributed by atoms with Gasteiger partial charge in [0.15, 0.2) is 0 Å². The Morgan fingerprint density at radius 2 is 2.16 bits per heavy atom. The molecule has 4 rings (SSSR count). The monoisotopic (exact) mass is 406 g/mol. The molecule has 0 aliphatic carbocycles. The lowest BCUT2D eigenvalue weighted by atomic mass is 9.86. The van der Waals surface area contributed by atoms with Gasteiger partial charge in [-0.05, 0) is 86.1 Å². The third-order valence-corrected chi connectivity index (χ3v) is 6.20. The van der Waals surface area contributed by atoms with Gasteiger partial charge in [-0.15, -0.1) is 0 Å². The predicted octanol–water partition coefficient (Wildman–Crippen LogP) is 4.01. The summed E-state index contributed by atoms with van der Waals surface area (Å²) in [5.74, 6) is 0.174. The third kappa shape index (κ3) is 2.99. The maximum atomic E-state index is 13.0. The highest BCUT2D eigenvalue weighted by molar-refractivity contribution is 9.10. The Hall–Kier alpha value is -1.07. The lowest BCUT2D eigenvalue weighted by molar-refractivity contribution is 0.00669. The highest BCUT2D eigenvalue weighted by Crippen LogP contribution is 2.50. The minimum absolute atomic E-state index is 0.201. The molecule has 1 saturated heterocycles. The maximum Gasteiger partial charge on any atom is 0.340 e. The molecule has 1 fully saturated rings.